The van der Waals surface area contributed by atoms with Crippen LogP contribution in [-0.2, 0) is 13.1 Å². The normalized spacial score (nSPS) is 11.5. The van der Waals surface area contributed by atoms with Crippen molar-refractivity contribution in [3.8, 4) is 0 Å². The number of aromatic nitrogens is 1. The first kappa shape index (κ1) is 16.5. The van der Waals surface area contributed by atoms with E-state index in [2.05, 4.69) is 36.1 Å². The summed E-state index contributed by atoms with van der Waals surface area (Å²) in [7, 11) is 0. The van der Waals surface area contributed by atoms with Crippen LogP contribution >= 0.6 is 15.9 Å². The van der Waals surface area contributed by atoms with Crippen LogP contribution < -0.4 is 10.6 Å². The molecule has 118 valence electrons. The molecule has 0 unspecified atom stereocenters. The Morgan fingerprint density at radius 3 is 2.73 bits per heavy atom. The number of aliphatic imine (C=N–C) groups is 1. The van der Waals surface area contributed by atoms with Gasteiger partial charge in [0.1, 0.15) is 5.82 Å². The van der Waals surface area contributed by atoms with Gasteiger partial charge in [-0.3, -0.25) is 0 Å². The SMILES string of the molecule is CCNC(=NCc1ccc(Br)c(F)c1)NCCn1cccc1. The van der Waals surface area contributed by atoms with Gasteiger partial charge in [0.05, 0.1) is 11.0 Å². The van der Waals surface area contributed by atoms with Crippen molar-refractivity contribution in [2.45, 2.75) is 20.0 Å². The minimum atomic E-state index is -0.265. The van der Waals surface area contributed by atoms with Crippen molar-refractivity contribution in [2.75, 3.05) is 13.1 Å². The van der Waals surface area contributed by atoms with Gasteiger partial charge in [0.25, 0.3) is 0 Å². The first-order valence-corrected chi connectivity index (χ1v) is 8.05. The maximum atomic E-state index is 13.5. The van der Waals surface area contributed by atoms with Crippen LogP contribution in [0.5, 0.6) is 0 Å². The van der Waals surface area contributed by atoms with Gasteiger partial charge in [-0.05, 0) is 52.7 Å². The lowest BCUT2D eigenvalue weighted by Gasteiger charge is -2.11. The smallest absolute Gasteiger partial charge is 0.191 e. The van der Waals surface area contributed by atoms with E-state index >= 15 is 0 Å². The topological polar surface area (TPSA) is 41.4 Å². The quantitative estimate of drug-likeness (QED) is 0.609. The Morgan fingerprint density at radius 2 is 2.05 bits per heavy atom. The Bertz CT molecular complexity index is 611. The van der Waals surface area contributed by atoms with Crippen LogP contribution in [0.1, 0.15) is 12.5 Å². The zero-order chi connectivity index (χ0) is 15.8. The highest BCUT2D eigenvalue weighted by Gasteiger charge is 2.01. The van der Waals surface area contributed by atoms with E-state index in [4.69, 9.17) is 0 Å². The molecule has 0 saturated carbocycles. The molecule has 22 heavy (non-hydrogen) atoms. The molecule has 0 amide bonds. The summed E-state index contributed by atoms with van der Waals surface area (Å²) in [5.41, 5.74) is 0.836. The average molecular weight is 367 g/mol. The van der Waals surface area contributed by atoms with Gasteiger partial charge in [-0.15, -0.1) is 0 Å². The van der Waals surface area contributed by atoms with Gasteiger partial charge < -0.3 is 15.2 Å². The number of hydrogen-bond acceptors (Lipinski definition) is 1. The standard InChI is InChI=1S/C16H20BrFN4/c1-2-19-16(20-7-10-22-8-3-4-9-22)21-12-13-5-6-14(17)15(18)11-13/h3-6,8-9,11H,2,7,10,12H2,1H3,(H2,19,20,21). The number of halogens is 2. The van der Waals surface area contributed by atoms with Crippen LogP contribution in [-0.4, -0.2) is 23.6 Å². The molecule has 0 bridgehead atoms. The second-order valence-electron chi connectivity index (χ2n) is 4.79. The summed E-state index contributed by atoms with van der Waals surface area (Å²) in [5, 5.41) is 6.46. The molecule has 0 saturated heterocycles. The lowest BCUT2D eigenvalue weighted by atomic mass is 10.2. The Kier molecular flexibility index (Phi) is 6.45. The third-order valence-corrected chi connectivity index (χ3v) is 3.72. The van der Waals surface area contributed by atoms with Crippen molar-refractivity contribution in [3.63, 3.8) is 0 Å². The minimum absolute atomic E-state index is 0.265. The predicted molar refractivity (Wildman–Crippen MR) is 91.4 cm³/mol. The fourth-order valence-electron chi connectivity index (χ4n) is 1.97. The fraction of sp³-hybridized carbons (Fsp3) is 0.312. The lowest BCUT2D eigenvalue weighted by Crippen LogP contribution is -2.38. The van der Waals surface area contributed by atoms with E-state index in [1.165, 1.54) is 6.07 Å². The van der Waals surface area contributed by atoms with Gasteiger partial charge in [0, 0.05) is 32.0 Å². The molecule has 2 rings (SSSR count). The second kappa shape index (κ2) is 8.58. The number of guanidine groups is 1. The first-order valence-electron chi connectivity index (χ1n) is 7.26. The van der Waals surface area contributed by atoms with Crippen molar-refractivity contribution < 1.29 is 4.39 Å². The Balaban J connectivity index is 1.89. The van der Waals surface area contributed by atoms with Gasteiger partial charge in [0.2, 0.25) is 0 Å². The summed E-state index contributed by atoms with van der Waals surface area (Å²) in [6.45, 7) is 4.87. The second-order valence-corrected chi connectivity index (χ2v) is 5.65. The van der Waals surface area contributed by atoms with E-state index < -0.39 is 0 Å². The molecule has 1 heterocycles. The molecule has 0 atom stereocenters. The van der Waals surface area contributed by atoms with Crippen molar-refractivity contribution in [3.05, 3.63) is 58.6 Å². The van der Waals surface area contributed by atoms with Crippen molar-refractivity contribution in [2.24, 2.45) is 4.99 Å². The van der Waals surface area contributed by atoms with Crippen molar-refractivity contribution in [1.29, 1.82) is 0 Å². The van der Waals surface area contributed by atoms with Gasteiger partial charge in [-0.2, -0.15) is 0 Å². The molecule has 4 nitrogen and oxygen atoms in total. The van der Waals surface area contributed by atoms with Gasteiger partial charge >= 0.3 is 0 Å². The summed E-state index contributed by atoms with van der Waals surface area (Å²) in [4.78, 5) is 4.48. The number of nitrogens with zero attached hydrogens (tertiary/aromatic N) is 2. The van der Waals surface area contributed by atoms with Gasteiger partial charge in [-0.1, -0.05) is 6.07 Å². The molecule has 0 spiro atoms. The summed E-state index contributed by atoms with van der Waals surface area (Å²) in [5.74, 6) is 0.469. The van der Waals surface area contributed by atoms with E-state index in [1.54, 1.807) is 6.07 Å². The van der Waals surface area contributed by atoms with Crippen molar-refractivity contribution in [1.82, 2.24) is 15.2 Å². The molecule has 1 aromatic heterocycles. The van der Waals surface area contributed by atoms with E-state index in [0.717, 1.165) is 31.2 Å². The molecule has 6 heteroatoms. The molecule has 2 N–H and O–H groups in total. The Hall–Kier alpha value is -1.82. The summed E-state index contributed by atoms with van der Waals surface area (Å²) < 4.78 is 16.0. The highest BCUT2D eigenvalue weighted by atomic mass is 79.9. The van der Waals surface area contributed by atoms with Crippen molar-refractivity contribution >= 4 is 21.9 Å². The molecule has 0 aliphatic rings. The number of rotatable bonds is 6. The Morgan fingerprint density at radius 1 is 1.27 bits per heavy atom. The monoisotopic (exact) mass is 366 g/mol. The van der Waals surface area contributed by atoms with E-state index in [-0.39, 0.29) is 5.82 Å². The van der Waals surface area contributed by atoms with Crippen LogP contribution in [0.15, 0.2) is 52.2 Å². The molecule has 0 aliphatic heterocycles. The zero-order valence-electron chi connectivity index (χ0n) is 12.5. The molecular weight excluding hydrogens is 347 g/mol. The van der Waals surface area contributed by atoms with Gasteiger partial charge in [-0.25, -0.2) is 9.38 Å². The van der Waals surface area contributed by atoms with Gasteiger partial charge in [0.15, 0.2) is 5.96 Å². The third kappa shape index (κ3) is 5.18. The maximum Gasteiger partial charge on any atom is 0.191 e. The number of hydrogen-bond donors (Lipinski definition) is 2. The summed E-state index contributed by atoms with van der Waals surface area (Å²) in [6, 6.07) is 9.06. The molecule has 0 aliphatic carbocycles. The Labute approximate surface area is 138 Å². The minimum Gasteiger partial charge on any atom is -0.357 e. The summed E-state index contributed by atoms with van der Waals surface area (Å²) >= 11 is 3.15. The van der Waals surface area contributed by atoms with Crippen LogP contribution in [0, 0.1) is 5.82 Å². The molecule has 2 aromatic rings. The van der Waals surface area contributed by atoms with Crippen LogP contribution in [0.4, 0.5) is 4.39 Å². The van der Waals surface area contributed by atoms with E-state index in [1.807, 2.05) is 37.5 Å². The summed E-state index contributed by atoms with van der Waals surface area (Å²) in [6.07, 6.45) is 4.05. The number of benzene rings is 1. The largest absolute Gasteiger partial charge is 0.357 e. The molecular formula is C16H20BrFN4. The molecule has 0 fully saturated rings. The van der Waals surface area contributed by atoms with Crippen LogP contribution in [0.3, 0.4) is 0 Å². The van der Waals surface area contributed by atoms with Crippen LogP contribution in [0.25, 0.3) is 0 Å². The average Bonchev–Trinajstić information content (AvgIpc) is 3.01. The molecule has 1 aromatic carbocycles. The third-order valence-electron chi connectivity index (χ3n) is 3.08. The fourth-order valence-corrected chi connectivity index (χ4v) is 2.22. The highest BCUT2D eigenvalue weighted by molar-refractivity contribution is 9.10. The predicted octanol–water partition coefficient (Wildman–Crippen LogP) is 3.15. The molecule has 0 radical (unpaired) electrons. The van der Waals surface area contributed by atoms with Crippen LogP contribution in [0.2, 0.25) is 0 Å². The maximum absolute atomic E-state index is 13.5. The highest BCUT2D eigenvalue weighted by Crippen LogP contribution is 2.16. The lowest BCUT2D eigenvalue weighted by molar-refractivity contribution is 0.618. The first-order chi connectivity index (χ1) is 10.7. The van der Waals surface area contributed by atoms with E-state index in [9.17, 15) is 4.39 Å². The zero-order valence-corrected chi connectivity index (χ0v) is 14.1. The van der Waals surface area contributed by atoms with E-state index in [0.29, 0.717) is 11.0 Å². The number of nitrogens with one attached hydrogen (secondary N) is 2.